The first-order valence-electron chi connectivity index (χ1n) is 6.00. The van der Waals surface area contributed by atoms with Gasteiger partial charge in [0.2, 0.25) is 0 Å². The topological polar surface area (TPSA) is 48.7 Å². The van der Waals surface area contributed by atoms with E-state index in [0.29, 0.717) is 10.6 Å². The molecule has 1 heterocycles. The van der Waals surface area contributed by atoms with Crippen LogP contribution in [0.3, 0.4) is 0 Å². The van der Waals surface area contributed by atoms with Gasteiger partial charge in [-0.15, -0.1) is 0 Å². The maximum atomic E-state index is 9.19. The van der Waals surface area contributed by atoms with Crippen molar-refractivity contribution in [2.75, 3.05) is 11.9 Å². The fourth-order valence-corrected chi connectivity index (χ4v) is 2.12. The number of pyridine rings is 1. The maximum Gasteiger partial charge on any atom is 0.127 e. The molecule has 1 N–H and O–H groups in total. The summed E-state index contributed by atoms with van der Waals surface area (Å²) in [5, 5.41) is 13.9. The number of nitriles is 1. The number of hydrogen-bond acceptors (Lipinski definition) is 3. The van der Waals surface area contributed by atoms with Crippen molar-refractivity contribution >= 4 is 28.3 Å². The molecular formula is C14H12ClN3. The number of halogens is 1. The van der Waals surface area contributed by atoms with Gasteiger partial charge in [-0.2, -0.15) is 5.26 Å². The predicted octanol–water partition coefficient (Wildman–Crippen LogP) is 3.58. The van der Waals surface area contributed by atoms with Gasteiger partial charge in [0.15, 0.2) is 0 Å². The lowest BCUT2D eigenvalue weighted by molar-refractivity contribution is 0.884. The molecule has 1 saturated carbocycles. The number of anilines is 1. The molecule has 0 saturated heterocycles. The largest absolute Gasteiger partial charge is 0.370 e. The summed E-state index contributed by atoms with van der Waals surface area (Å²) in [5.74, 6) is 1.55. The van der Waals surface area contributed by atoms with Crippen LogP contribution < -0.4 is 5.32 Å². The van der Waals surface area contributed by atoms with Gasteiger partial charge < -0.3 is 5.32 Å². The Morgan fingerprint density at radius 2 is 2.22 bits per heavy atom. The quantitative estimate of drug-likeness (QED) is 0.914. The van der Waals surface area contributed by atoms with Crippen molar-refractivity contribution in [1.29, 1.82) is 5.26 Å². The van der Waals surface area contributed by atoms with E-state index < -0.39 is 0 Å². The minimum absolute atomic E-state index is 0.612. The van der Waals surface area contributed by atoms with Crippen LogP contribution in [-0.2, 0) is 0 Å². The van der Waals surface area contributed by atoms with E-state index in [4.69, 9.17) is 11.6 Å². The molecule has 90 valence electrons. The average Bonchev–Trinajstić information content (AvgIpc) is 3.19. The minimum atomic E-state index is 0.612. The fraction of sp³-hybridized carbons (Fsp3) is 0.286. The molecule has 0 unspecified atom stereocenters. The Labute approximate surface area is 110 Å². The third-order valence-corrected chi connectivity index (χ3v) is 3.40. The molecule has 0 spiro atoms. The number of rotatable bonds is 3. The van der Waals surface area contributed by atoms with Gasteiger partial charge in [0.05, 0.1) is 17.1 Å². The summed E-state index contributed by atoms with van der Waals surface area (Å²) in [5.41, 5.74) is 1.41. The van der Waals surface area contributed by atoms with Crippen LogP contribution in [-0.4, -0.2) is 11.5 Å². The van der Waals surface area contributed by atoms with E-state index in [9.17, 15) is 5.26 Å². The summed E-state index contributed by atoms with van der Waals surface area (Å²) in [7, 11) is 0. The summed E-state index contributed by atoms with van der Waals surface area (Å²) in [6, 6.07) is 9.42. The molecule has 18 heavy (non-hydrogen) atoms. The highest BCUT2D eigenvalue weighted by atomic mass is 35.5. The summed E-state index contributed by atoms with van der Waals surface area (Å²) < 4.78 is 0. The van der Waals surface area contributed by atoms with Gasteiger partial charge in [-0.3, -0.25) is 0 Å². The number of hydrogen-bond donors (Lipinski definition) is 1. The molecule has 0 amide bonds. The smallest absolute Gasteiger partial charge is 0.127 e. The molecule has 3 rings (SSSR count). The molecule has 2 aromatic rings. The SMILES string of the molecule is N#Cc1cc(NCC2CC2)nc2ccc(Cl)cc12. The molecule has 1 aliphatic rings. The lowest BCUT2D eigenvalue weighted by atomic mass is 10.1. The molecule has 0 bridgehead atoms. The van der Waals surface area contributed by atoms with Gasteiger partial charge in [0.1, 0.15) is 5.82 Å². The zero-order valence-corrected chi connectivity index (χ0v) is 10.5. The van der Waals surface area contributed by atoms with E-state index in [1.54, 1.807) is 18.2 Å². The Morgan fingerprint density at radius 3 is 2.94 bits per heavy atom. The summed E-state index contributed by atoms with van der Waals surface area (Å²) in [6.45, 7) is 0.941. The van der Waals surface area contributed by atoms with Crippen LogP contribution in [0.5, 0.6) is 0 Å². The number of benzene rings is 1. The lowest BCUT2D eigenvalue weighted by Gasteiger charge is -2.07. The van der Waals surface area contributed by atoms with Crippen molar-refractivity contribution in [1.82, 2.24) is 4.98 Å². The Balaban J connectivity index is 2.01. The average molecular weight is 258 g/mol. The van der Waals surface area contributed by atoms with E-state index in [2.05, 4.69) is 16.4 Å². The molecule has 0 radical (unpaired) electrons. The maximum absolute atomic E-state index is 9.19. The van der Waals surface area contributed by atoms with Gasteiger partial charge >= 0.3 is 0 Å². The second-order valence-corrected chi connectivity index (χ2v) is 5.09. The van der Waals surface area contributed by atoms with E-state index in [1.165, 1.54) is 12.8 Å². The first-order chi connectivity index (χ1) is 8.76. The Morgan fingerprint density at radius 1 is 1.39 bits per heavy atom. The highest BCUT2D eigenvalue weighted by Crippen LogP contribution is 2.29. The Bertz CT molecular complexity index is 641. The molecule has 0 atom stereocenters. The molecule has 1 aromatic heterocycles. The second kappa shape index (κ2) is 4.47. The van der Waals surface area contributed by atoms with Crippen molar-refractivity contribution in [2.45, 2.75) is 12.8 Å². The van der Waals surface area contributed by atoms with E-state index in [-0.39, 0.29) is 0 Å². The molecule has 4 heteroatoms. The second-order valence-electron chi connectivity index (χ2n) is 4.65. The fourth-order valence-electron chi connectivity index (χ4n) is 1.95. The first kappa shape index (κ1) is 11.3. The zero-order chi connectivity index (χ0) is 12.5. The molecule has 1 aromatic carbocycles. The third-order valence-electron chi connectivity index (χ3n) is 3.16. The summed E-state index contributed by atoms with van der Waals surface area (Å²) in [6.07, 6.45) is 2.59. The van der Waals surface area contributed by atoms with E-state index in [1.807, 2.05) is 6.07 Å². The van der Waals surface area contributed by atoms with Gasteiger partial charge in [-0.1, -0.05) is 11.6 Å². The first-order valence-corrected chi connectivity index (χ1v) is 6.38. The standard InChI is InChI=1S/C14H12ClN3/c15-11-3-4-13-12(6-11)10(7-16)5-14(18-13)17-8-9-1-2-9/h3-6,9H,1-2,8H2,(H,17,18). The van der Waals surface area contributed by atoms with Crippen molar-refractivity contribution in [2.24, 2.45) is 5.92 Å². The number of nitrogens with one attached hydrogen (secondary N) is 1. The Kier molecular flexibility index (Phi) is 2.81. The highest BCUT2D eigenvalue weighted by Gasteiger charge is 2.20. The molecule has 3 nitrogen and oxygen atoms in total. The van der Waals surface area contributed by atoms with Crippen LogP contribution >= 0.6 is 11.6 Å². The van der Waals surface area contributed by atoms with Crippen LogP contribution in [0.25, 0.3) is 10.9 Å². The lowest BCUT2D eigenvalue weighted by Crippen LogP contribution is -2.05. The highest BCUT2D eigenvalue weighted by molar-refractivity contribution is 6.31. The predicted molar refractivity (Wildman–Crippen MR) is 72.7 cm³/mol. The van der Waals surface area contributed by atoms with Crippen molar-refractivity contribution < 1.29 is 0 Å². The van der Waals surface area contributed by atoms with E-state index in [0.717, 1.165) is 29.2 Å². The zero-order valence-electron chi connectivity index (χ0n) is 9.78. The van der Waals surface area contributed by atoms with Crippen LogP contribution in [0, 0.1) is 17.2 Å². The van der Waals surface area contributed by atoms with Crippen LogP contribution in [0.2, 0.25) is 5.02 Å². The van der Waals surface area contributed by atoms with Gasteiger partial charge in [-0.25, -0.2) is 4.98 Å². The van der Waals surface area contributed by atoms with Crippen molar-refractivity contribution in [3.8, 4) is 6.07 Å². The van der Waals surface area contributed by atoms with Crippen LogP contribution in [0.15, 0.2) is 24.3 Å². The monoisotopic (exact) mass is 257 g/mol. The van der Waals surface area contributed by atoms with Gasteiger partial charge in [0.25, 0.3) is 0 Å². The molecule has 1 aliphatic carbocycles. The third kappa shape index (κ3) is 2.25. The number of fused-ring (bicyclic) bond motifs is 1. The van der Waals surface area contributed by atoms with Crippen molar-refractivity contribution in [3.05, 3.63) is 34.9 Å². The molecule has 1 fully saturated rings. The van der Waals surface area contributed by atoms with Crippen LogP contribution in [0.1, 0.15) is 18.4 Å². The minimum Gasteiger partial charge on any atom is -0.370 e. The van der Waals surface area contributed by atoms with E-state index >= 15 is 0 Å². The van der Waals surface area contributed by atoms with Gasteiger partial charge in [0, 0.05) is 17.0 Å². The summed E-state index contributed by atoms with van der Waals surface area (Å²) >= 11 is 5.95. The Hall–Kier alpha value is -1.79. The normalized spacial score (nSPS) is 14.4. The van der Waals surface area contributed by atoms with Crippen molar-refractivity contribution in [3.63, 3.8) is 0 Å². The number of nitrogens with zero attached hydrogens (tertiary/aromatic N) is 2. The van der Waals surface area contributed by atoms with Crippen LogP contribution in [0.4, 0.5) is 5.82 Å². The molecule has 0 aliphatic heterocycles. The molecular weight excluding hydrogens is 246 g/mol. The van der Waals surface area contributed by atoms with Gasteiger partial charge in [-0.05, 0) is 43.0 Å². The number of aromatic nitrogens is 1. The summed E-state index contributed by atoms with van der Waals surface area (Å²) in [4.78, 5) is 4.50.